The Balaban J connectivity index is 1.99. The molecule has 0 saturated carbocycles. The number of amides is 2. The van der Waals surface area contributed by atoms with E-state index in [9.17, 15) is 9.59 Å². The first-order valence-corrected chi connectivity index (χ1v) is 6.21. The lowest BCUT2D eigenvalue weighted by Gasteiger charge is -2.13. The van der Waals surface area contributed by atoms with Gasteiger partial charge in [0.15, 0.2) is 0 Å². The van der Waals surface area contributed by atoms with E-state index in [1.165, 1.54) is 4.90 Å². The summed E-state index contributed by atoms with van der Waals surface area (Å²) in [6.45, 7) is 0.405. The zero-order chi connectivity index (χ0) is 12.4. The van der Waals surface area contributed by atoms with E-state index in [1.54, 1.807) is 0 Å². The number of nitrogens with two attached hydrogens (primary N) is 1. The van der Waals surface area contributed by atoms with Crippen molar-refractivity contribution in [1.82, 2.24) is 4.90 Å². The van der Waals surface area contributed by atoms with E-state index in [1.807, 2.05) is 24.3 Å². The Morgan fingerprint density at radius 3 is 2.76 bits per heavy atom. The van der Waals surface area contributed by atoms with Crippen molar-refractivity contribution in [3.63, 3.8) is 0 Å². The third kappa shape index (κ3) is 2.73. The fourth-order valence-electron chi connectivity index (χ4n) is 1.88. The van der Waals surface area contributed by atoms with Gasteiger partial charge >= 0.3 is 0 Å². The molecular formula is C12H13BrN2O2. The number of benzene rings is 1. The van der Waals surface area contributed by atoms with Crippen LogP contribution in [0, 0.1) is 0 Å². The maximum atomic E-state index is 11.6. The lowest BCUT2D eigenvalue weighted by Crippen LogP contribution is -2.36. The molecule has 0 spiro atoms. The molecule has 0 aliphatic carbocycles. The van der Waals surface area contributed by atoms with Crippen molar-refractivity contribution in [1.29, 1.82) is 0 Å². The lowest BCUT2D eigenvalue weighted by molar-refractivity contribution is -0.138. The lowest BCUT2D eigenvalue weighted by atomic mass is 10.1. The number of likely N-dealkylation sites (tertiary alicyclic amines) is 1. The van der Waals surface area contributed by atoms with Gasteiger partial charge in [-0.25, -0.2) is 0 Å². The van der Waals surface area contributed by atoms with Gasteiger partial charge in [0, 0.05) is 11.0 Å². The summed E-state index contributed by atoms with van der Waals surface area (Å²) in [6.07, 6.45) is 0.793. The molecule has 4 nitrogen and oxygen atoms in total. The van der Waals surface area contributed by atoms with Gasteiger partial charge in [-0.1, -0.05) is 28.1 Å². The van der Waals surface area contributed by atoms with Crippen LogP contribution in [0.4, 0.5) is 0 Å². The zero-order valence-corrected chi connectivity index (χ0v) is 10.8. The first-order valence-electron chi connectivity index (χ1n) is 5.42. The van der Waals surface area contributed by atoms with Crippen LogP contribution in [0.2, 0.25) is 0 Å². The minimum absolute atomic E-state index is 0.136. The molecule has 1 aromatic carbocycles. The van der Waals surface area contributed by atoms with E-state index >= 15 is 0 Å². The first-order chi connectivity index (χ1) is 8.08. The van der Waals surface area contributed by atoms with Crippen LogP contribution >= 0.6 is 15.9 Å². The average Bonchev–Trinajstić information content (AvgIpc) is 2.51. The minimum Gasteiger partial charge on any atom is -0.319 e. The van der Waals surface area contributed by atoms with E-state index in [2.05, 4.69) is 15.9 Å². The predicted octanol–water partition coefficient (Wildman–Crippen LogP) is 1.08. The van der Waals surface area contributed by atoms with Crippen LogP contribution in [0.15, 0.2) is 28.7 Å². The van der Waals surface area contributed by atoms with Gasteiger partial charge in [0.2, 0.25) is 11.8 Å². The van der Waals surface area contributed by atoms with E-state index < -0.39 is 6.04 Å². The molecule has 0 radical (unpaired) electrons. The van der Waals surface area contributed by atoms with E-state index in [4.69, 9.17) is 5.73 Å². The number of nitrogens with zero attached hydrogens (tertiary/aromatic N) is 1. The Labute approximate surface area is 108 Å². The van der Waals surface area contributed by atoms with E-state index in [0.29, 0.717) is 13.0 Å². The Bertz CT molecular complexity index is 462. The second-order valence-corrected chi connectivity index (χ2v) is 4.99. The number of imide groups is 1. The fraction of sp³-hybridized carbons (Fsp3) is 0.333. The van der Waals surface area contributed by atoms with Crippen LogP contribution < -0.4 is 5.73 Å². The van der Waals surface area contributed by atoms with Gasteiger partial charge in [-0.15, -0.1) is 0 Å². The van der Waals surface area contributed by atoms with Crippen molar-refractivity contribution < 1.29 is 9.59 Å². The monoisotopic (exact) mass is 296 g/mol. The molecule has 1 fully saturated rings. The predicted molar refractivity (Wildman–Crippen MR) is 67.2 cm³/mol. The van der Waals surface area contributed by atoms with E-state index in [0.717, 1.165) is 10.0 Å². The highest BCUT2D eigenvalue weighted by Gasteiger charge is 2.35. The number of hydrogen-bond acceptors (Lipinski definition) is 3. The molecule has 0 aromatic heterocycles. The van der Waals surface area contributed by atoms with Crippen LogP contribution in [0.25, 0.3) is 0 Å². The molecule has 2 rings (SSSR count). The standard InChI is InChI=1S/C12H13BrN2O2/c13-9-3-1-2-8(6-9)4-5-15-11(16)7-10(14)12(15)17/h1-3,6,10H,4-5,7,14H2. The van der Waals surface area contributed by atoms with Crippen molar-refractivity contribution in [2.75, 3.05) is 6.54 Å². The minimum atomic E-state index is -0.648. The van der Waals surface area contributed by atoms with Crippen LogP contribution in [0.3, 0.4) is 0 Å². The quantitative estimate of drug-likeness (QED) is 0.849. The molecule has 1 heterocycles. The molecule has 1 aliphatic heterocycles. The van der Waals surface area contributed by atoms with Gasteiger partial charge in [-0.3, -0.25) is 14.5 Å². The van der Waals surface area contributed by atoms with Crippen LogP contribution in [0.5, 0.6) is 0 Å². The molecule has 0 bridgehead atoms. The summed E-state index contributed by atoms with van der Waals surface area (Å²) >= 11 is 3.38. The second-order valence-electron chi connectivity index (χ2n) is 4.07. The third-order valence-electron chi connectivity index (χ3n) is 2.79. The number of rotatable bonds is 3. The second kappa shape index (κ2) is 4.98. The number of carbonyl (C=O) groups is 2. The van der Waals surface area contributed by atoms with Gasteiger partial charge in [-0.2, -0.15) is 0 Å². The summed E-state index contributed by atoms with van der Waals surface area (Å²) in [5.74, 6) is -0.428. The van der Waals surface area contributed by atoms with Gasteiger partial charge in [-0.05, 0) is 24.1 Å². The van der Waals surface area contributed by atoms with Gasteiger partial charge in [0.1, 0.15) is 0 Å². The number of hydrogen-bond donors (Lipinski definition) is 1. The number of halogens is 1. The molecule has 1 aliphatic rings. The summed E-state index contributed by atoms with van der Waals surface area (Å²) < 4.78 is 0.991. The molecule has 90 valence electrons. The molecule has 1 saturated heterocycles. The molecule has 5 heteroatoms. The normalized spacial score (nSPS) is 20.1. The summed E-state index contributed by atoms with van der Waals surface area (Å²) in [7, 11) is 0. The Morgan fingerprint density at radius 2 is 2.18 bits per heavy atom. The molecular weight excluding hydrogens is 284 g/mol. The zero-order valence-electron chi connectivity index (χ0n) is 9.23. The van der Waals surface area contributed by atoms with Gasteiger partial charge in [0.25, 0.3) is 0 Å². The first kappa shape index (κ1) is 12.3. The topological polar surface area (TPSA) is 63.4 Å². The summed E-state index contributed by atoms with van der Waals surface area (Å²) in [5.41, 5.74) is 6.62. The third-order valence-corrected chi connectivity index (χ3v) is 3.29. The summed E-state index contributed by atoms with van der Waals surface area (Å²) in [4.78, 5) is 24.3. The Kier molecular flexibility index (Phi) is 3.59. The smallest absolute Gasteiger partial charge is 0.246 e. The van der Waals surface area contributed by atoms with Crippen LogP contribution in [0.1, 0.15) is 12.0 Å². The average molecular weight is 297 g/mol. The van der Waals surface area contributed by atoms with Crippen molar-refractivity contribution in [3.8, 4) is 0 Å². The van der Waals surface area contributed by atoms with Crippen molar-refractivity contribution in [2.24, 2.45) is 5.73 Å². The Morgan fingerprint density at radius 1 is 1.41 bits per heavy atom. The largest absolute Gasteiger partial charge is 0.319 e. The van der Waals surface area contributed by atoms with Crippen molar-refractivity contribution in [3.05, 3.63) is 34.3 Å². The highest BCUT2D eigenvalue weighted by atomic mass is 79.9. The summed E-state index contributed by atoms with van der Waals surface area (Å²) in [5, 5.41) is 0. The van der Waals surface area contributed by atoms with Crippen LogP contribution in [-0.4, -0.2) is 29.3 Å². The van der Waals surface area contributed by atoms with Gasteiger partial charge in [0.05, 0.1) is 12.5 Å². The maximum Gasteiger partial charge on any atom is 0.246 e. The molecule has 2 amide bonds. The Hall–Kier alpha value is -1.20. The highest BCUT2D eigenvalue weighted by Crippen LogP contribution is 2.15. The van der Waals surface area contributed by atoms with E-state index in [-0.39, 0.29) is 18.2 Å². The van der Waals surface area contributed by atoms with Gasteiger partial charge < -0.3 is 5.73 Å². The SMILES string of the molecule is NC1CC(=O)N(CCc2cccc(Br)c2)C1=O. The highest BCUT2D eigenvalue weighted by molar-refractivity contribution is 9.10. The molecule has 2 N–H and O–H groups in total. The molecule has 1 aromatic rings. The molecule has 1 unspecified atom stereocenters. The van der Waals surface area contributed by atoms with Crippen LogP contribution in [-0.2, 0) is 16.0 Å². The fourth-order valence-corrected chi connectivity index (χ4v) is 2.32. The number of carbonyl (C=O) groups excluding carboxylic acids is 2. The van der Waals surface area contributed by atoms with Crippen molar-refractivity contribution in [2.45, 2.75) is 18.9 Å². The maximum absolute atomic E-state index is 11.6. The summed E-state index contributed by atoms with van der Waals surface area (Å²) in [6, 6.07) is 7.16. The molecule has 1 atom stereocenters. The molecule has 17 heavy (non-hydrogen) atoms. The van der Waals surface area contributed by atoms with Crippen molar-refractivity contribution >= 4 is 27.7 Å².